The molecule has 0 aliphatic heterocycles. The van der Waals surface area contributed by atoms with Crippen LogP contribution in [-0.2, 0) is 0 Å². The second-order valence-electron chi connectivity index (χ2n) is 5.28. The van der Waals surface area contributed by atoms with E-state index in [1.165, 1.54) is 12.8 Å². The van der Waals surface area contributed by atoms with Gasteiger partial charge in [0, 0.05) is 12.6 Å². The Morgan fingerprint density at radius 2 is 1.60 bits per heavy atom. The lowest BCUT2D eigenvalue weighted by Gasteiger charge is -2.27. The summed E-state index contributed by atoms with van der Waals surface area (Å²) in [5.41, 5.74) is 5.73. The van der Waals surface area contributed by atoms with Crippen molar-refractivity contribution in [1.29, 1.82) is 0 Å². The van der Waals surface area contributed by atoms with Crippen LogP contribution in [0.3, 0.4) is 0 Å². The Morgan fingerprint density at radius 3 is 1.93 bits per heavy atom. The zero-order valence-electron chi connectivity index (χ0n) is 11.2. The molecule has 1 unspecified atom stereocenters. The van der Waals surface area contributed by atoms with Gasteiger partial charge in [-0.05, 0) is 30.7 Å². The van der Waals surface area contributed by atoms with Gasteiger partial charge in [0.05, 0.1) is 0 Å². The van der Waals surface area contributed by atoms with Gasteiger partial charge in [0.2, 0.25) is 0 Å². The Bertz CT molecular complexity index is 135. The van der Waals surface area contributed by atoms with Crippen molar-refractivity contribution in [1.82, 2.24) is 5.32 Å². The number of nitrogens with one attached hydrogen (secondary N) is 1. The molecule has 0 aromatic rings. The van der Waals surface area contributed by atoms with Crippen LogP contribution in [0.1, 0.15) is 47.5 Å². The molecule has 15 heavy (non-hydrogen) atoms. The van der Waals surface area contributed by atoms with E-state index in [4.69, 9.17) is 5.73 Å². The molecular formula is C13H30N2. The van der Waals surface area contributed by atoms with Crippen molar-refractivity contribution in [3.63, 3.8) is 0 Å². The third kappa shape index (κ3) is 6.16. The van der Waals surface area contributed by atoms with Crippen LogP contribution in [0, 0.1) is 17.8 Å². The lowest BCUT2D eigenvalue weighted by atomic mass is 9.85. The highest BCUT2D eigenvalue weighted by Gasteiger charge is 2.18. The van der Waals surface area contributed by atoms with Crippen molar-refractivity contribution in [3.8, 4) is 0 Å². The molecule has 0 aromatic heterocycles. The predicted molar refractivity (Wildman–Crippen MR) is 68.9 cm³/mol. The second kappa shape index (κ2) is 8.12. The topological polar surface area (TPSA) is 38.0 Å². The minimum absolute atomic E-state index is 0.509. The summed E-state index contributed by atoms with van der Waals surface area (Å²) in [7, 11) is 0. The maximum atomic E-state index is 5.73. The summed E-state index contributed by atoms with van der Waals surface area (Å²) < 4.78 is 0. The van der Waals surface area contributed by atoms with Gasteiger partial charge >= 0.3 is 0 Å². The first-order valence-electron chi connectivity index (χ1n) is 6.46. The molecule has 0 aromatic carbocycles. The van der Waals surface area contributed by atoms with Crippen molar-refractivity contribution in [2.75, 3.05) is 13.1 Å². The number of nitrogens with two attached hydrogens (primary N) is 1. The summed E-state index contributed by atoms with van der Waals surface area (Å²) in [5.74, 6) is 2.26. The summed E-state index contributed by atoms with van der Waals surface area (Å²) in [4.78, 5) is 0. The Hall–Kier alpha value is -0.0800. The van der Waals surface area contributed by atoms with E-state index in [1.807, 2.05) is 0 Å². The maximum Gasteiger partial charge on any atom is 0.0190 e. The third-order valence-corrected chi connectivity index (χ3v) is 3.28. The first-order chi connectivity index (χ1) is 7.02. The van der Waals surface area contributed by atoms with Crippen molar-refractivity contribution in [3.05, 3.63) is 0 Å². The van der Waals surface area contributed by atoms with E-state index in [0.29, 0.717) is 6.04 Å². The molecule has 0 aliphatic carbocycles. The smallest absolute Gasteiger partial charge is 0.0190 e. The van der Waals surface area contributed by atoms with Gasteiger partial charge in [-0.3, -0.25) is 0 Å². The molecule has 0 radical (unpaired) electrons. The minimum Gasteiger partial charge on any atom is -0.329 e. The summed E-state index contributed by atoms with van der Waals surface area (Å²) in [6.45, 7) is 13.3. The summed E-state index contributed by atoms with van der Waals surface area (Å²) >= 11 is 0. The van der Waals surface area contributed by atoms with Gasteiger partial charge in [-0.2, -0.15) is 0 Å². The fraction of sp³-hybridized carbons (Fsp3) is 1.00. The Balaban J connectivity index is 3.96. The van der Waals surface area contributed by atoms with Gasteiger partial charge in [-0.15, -0.1) is 0 Å². The average molecular weight is 214 g/mol. The number of hydrogen-bond donors (Lipinski definition) is 2. The molecule has 0 rings (SSSR count). The normalized spacial score (nSPS) is 14.2. The van der Waals surface area contributed by atoms with E-state index in [9.17, 15) is 0 Å². The van der Waals surface area contributed by atoms with Gasteiger partial charge in [0.15, 0.2) is 0 Å². The van der Waals surface area contributed by atoms with E-state index in [1.54, 1.807) is 0 Å². The van der Waals surface area contributed by atoms with E-state index in [0.717, 1.165) is 30.8 Å². The molecule has 0 spiro atoms. The monoisotopic (exact) mass is 214 g/mol. The van der Waals surface area contributed by atoms with Crippen LogP contribution in [0.4, 0.5) is 0 Å². The lowest BCUT2D eigenvalue weighted by Crippen LogP contribution is -2.40. The molecule has 0 bridgehead atoms. The van der Waals surface area contributed by atoms with Crippen molar-refractivity contribution in [2.24, 2.45) is 23.5 Å². The van der Waals surface area contributed by atoms with Crippen LogP contribution in [0.5, 0.6) is 0 Å². The highest BCUT2D eigenvalue weighted by atomic mass is 14.9. The van der Waals surface area contributed by atoms with Gasteiger partial charge in [0.1, 0.15) is 0 Å². The summed E-state index contributed by atoms with van der Waals surface area (Å²) in [5, 5.41) is 3.61. The highest BCUT2D eigenvalue weighted by Crippen LogP contribution is 2.19. The molecule has 1 atom stereocenters. The zero-order chi connectivity index (χ0) is 11.8. The van der Waals surface area contributed by atoms with E-state index < -0.39 is 0 Å². The number of hydrogen-bond acceptors (Lipinski definition) is 2. The van der Waals surface area contributed by atoms with Crippen LogP contribution in [0.15, 0.2) is 0 Å². The highest BCUT2D eigenvalue weighted by molar-refractivity contribution is 4.74. The molecule has 92 valence electrons. The van der Waals surface area contributed by atoms with E-state index >= 15 is 0 Å². The van der Waals surface area contributed by atoms with Crippen molar-refractivity contribution >= 4 is 0 Å². The van der Waals surface area contributed by atoms with Gasteiger partial charge < -0.3 is 11.1 Å². The molecule has 0 saturated carbocycles. The van der Waals surface area contributed by atoms with Gasteiger partial charge in [-0.25, -0.2) is 0 Å². The van der Waals surface area contributed by atoms with Crippen LogP contribution in [-0.4, -0.2) is 19.1 Å². The first-order valence-corrected chi connectivity index (χ1v) is 6.46. The average Bonchev–Trinajstić information content (AvgIpc) is 2.15. The SMILES string of the molecule is CCCC(CN)NCC(C(C)C)C(C)C. The minimum atomic E-state index is 0.509. The maximum absolute atomic E-state index is 5.73. The molecule has 2 nitrogen and oxygen atoms in total. The molecule has 0 saturated heterocycles. The van der Waals surface area contributed by atoms with Crippen molar-refractivity contribution < 1.29 is 0 Å². The Labute approximate surface area is 96.0 Å². The van der Waals surface area contributed by atoms with E-state index in [2.05, 4.69) is 39.9 Å². The lowest BCUT2D eigenvalue weighted by molar-refractivity contribution is 0.263. The van der Waals surface area contributed by atoms with E-state index in [-0.39, 0.29) is 0 Å². The Kier molecular flexibility index (Phi) is 8.07. The molecule has 3 N–H and O–H groups in total. The largest absolute Gasteiger partial charge is 0.329 e. The molecule has 0 aliphatic rings. The van der Waals surface area contributed by atoms with Crippen molar-refractivity contribution in [2.45, 2.75) is 53.5 Å². The van der Waals surface area contributed by atoms with Crippen LogP contribution in [0.2, 0.25) is 0 Å². The molecule has 2 heteroatoms. The summed E-state index contributed by atoms with van der Waals surface area (Å²) in [6, 6.07) is 0.509. The van der Waals surface area contributed by atoms with Gasteiger partial charge in [0.25, 0.3) is 0 Å². The second-order valence-corrected chi connectivity index (χ2v) is 5.28. The predicted octanol–water partition coefficient (Wildman–Crippen LogP) is 2.63. The molecule has 0 amide bonds. The molecule has 0 heterocycles. The summed E-state index contributed by atoms with van der Waals surface area (Å²) in [6.07, 6.45) is 2.41. The van der Waals surface area contributed by atoms with Crippen LogP contribution >= 0.6 is 0 Å². The quantitative estimate of drug-likeness (QED) is 0.652. The van der Waals surface area contributed by atoms with Crippen LogP contribution < -0.4 is 11.1 Å². The molecule has 0 fully saturated rings. The standard InChI is InChI=1S/C13H30N2/c1-6-7-12(8-14)15-9-13(10(2)3)11(4)5/h10-13,15H,6-9,14H2,1-5H3. The fourth-order valence-corrected chi connectivity index (χ4v) is 2.20. The first kappa shape index (κ1) is 14.9. The van der Waals surface area contributed by atoms with Gasteiger partial charge in [-0.1, -0.05) is 41.0 Å². The third-order valence-electron chi connectivity index (χ3n) is 3.28. The Morgan fingerprint density at radius 1 is 1.07 bits per heavy atom. The fourth-order valence-electron chi connectivity index (χ4n) is 2.20. The zero-order valence-corrected chi connectivity index (χ0v) is 11.2. The van der Waals surface area contributed by atoms with Crippen LogP contribution in [0.25, 0.3) is 0 Å². The molecular weight excluding hydrogens is 184 g/mol. The number of rotatable bonds is 8.